The van der Waals surface area contributed by atoms with Gasteiger partial charge in [-0.3, -0.25) is 0 Å². The molecule has 0 aliphatic carbocycles. The van der Waals surface area contributed by atoms with Gasteiger partial charge in [-0.15, -0.1) is 0 Å². The molecule has 0 atom stereocenters. The van der Waals surface area contributed by atoms with Crippen LogP contribution in [0.1, 0.15) is 13.3 Å². The molecule has 0 saturated heterocycles. The Bertz CT molecular complexity index is 567. The molecule has 0 radical (unpaired) electrons. The summed E-state index contributed by atoms with van der Waals surface area (Å²) in [7, 11) is 4.17. The van der Waals surface area contributed by atoms with Crippen LogP contribution in [0.4, 0.5) is 11.5 Å². The third-order valence-corrected chi connectivity index (χ3v) is 3.25. The summed E-state index contributed by atoms with van der Waals surface area (Å²) in [5.41, 5.74) is 7.46. The zero-order valence-corrected chi connectivity index (χ0v) is 12.5. The maximum absolute atomic E-state index is 5.83. The van der Waals surface area contributed by atoms with Crippen molar-refractivity contribution in [2.24, 2.45) is 0 Å². The molecule has 0 fully saturated rings. The molecule has 1 heterocycles. The fourth-order valence-electron chi connectivity index (χ4n) is 2.23. The quantitative estimate of drug-likeness (QED) is 0.816. The Hall–Kier alpha value is -1.88. The van der Waals surface area contributed by atoms with Crippen molar-refractivity contribution in [2.75, 3.05) is 44.4 Å². The summed E-state index contributed by atoms with van der Waals surface area (Å²) in [5, 5.41) is 1.06. The molecule has 1 aromatic carbocycles. The van der Waals surface area contributed by atoms with E-state index >= 15 is 0 Å². The Morgan fingerprint density at radius 2 is 1.90 bits per heavy atom. The van der Waals surface area contributed by atoms with Gasteiger partial charge in [0.15, 0.2) is 0 Å². The van der Waals surface area contributed by atoms with Crippen LogP contribution < -0.4 is 10.6 Å². The minimum absolute atomic E-state index is 0.734. The van der Waals surface area contributed by atoms with E-state index in [4.69, 9.17) is 5.73 Å². The topological polar surface area (TPSA) is 58.3 Å². The molecule has 20 heavy (non-hydrogen) atoms. The first kappa shape index (κ1) is 14.5. The van der Waals surface area contributed by atoms with Crippen molar-refractivity contribution in [1.29, 1.82) is 0 Å². The number of benzene rings is 1. The van der Waals surface area contributed by atoms with Crippen LogP contribution in [0.2, 0.25) is 0 Å². The zero-order valence-electron chi connectivity index (χ0n) is 12.5. The van der Waals surface area contributed by atoms with E-state index in [1.54, 1.807) is 6.33 Å². The summed E-state index contributed by atoms with van der Waals surface area (Å²) < 4.78 is 0. The summed E-state index contributed by atoms with van der Waals surface area (Å²) in [6, 6.07) is 5.82. The van der Waals surface area contributed by atoms with Crippen LogP contribution in [0.3, 0.4) is 0 Å². The number of likely N-dealkylation sites (N-methyl/N-ethyl adjacent to an activating group) is 1. The van der Waals surface area contributed by atoms with E-state index in [0.29, 0.717) is 0 Å². The van der Waals surface area contributed by atoms with Gasteiger partial charge in [0.1, 0.15) is 12.1 Å². The number of hydrogen-bond donors (Lipinski definition) is 1. The molecule has 2 rings (SSSR count). The van der Waals surface area contributed by atoms with E-state index in [0.717, 1.165) is 48.5 Å². The lowest BCUT2D eigenvalue weighted by atomic mass is 10.2. The van der Waals surface area contributed by atoms with E-state index in [-0.39, 0.29) is 0 Å². The monoisotopic (exact) mass is 273 g/mol. The average molecular weight is 273 g/mol. The molecule has 0 aliphatic rings. The average Bonchev–Trinajstić information content (AvgIpc) is 2.42. The molecule has 5 nitrogen and oxygen atoms in total. The molecular weight excluding hydrogens is 250 g/mol. The Labute approximate surface area is 120 Å². The van der Waals surface area contributed by atoms with Crippen LogP contribution in [0, 0.1) is 0 Å². The van der Waals surface area contributed by atoms with Crippen molar-refractivity contribution < 1.29 is 0 Å². The Kier molecular flexibility index (Phi) is 4.74. The van der Waals surface area contributed by atoms with Gasteiger partial charge in [-0.2, -0.15) is 0 Å². The van der Waals surface area contributed by atoms with Crippen molar-refractivity contribution in [3.8, 4) is 0 Å². The summed E-state index contributed by atoms with van der Waals surface area (Å²) >= 11 is 0. The fraction of sp³-hybridized carbons (Fsp3) is 0.467. The smallest absolute Gasteiger partial charge is 0.139 e. The Balaban J connectivity index is 2.36. The van der Waals surface area contributed by atoms with Crippen molar-refractivity contribution in [1.82, 2.24) is 14.9 Å². The Morgan fingerprint density at radius 3 is 2.60 bits per heavy atom. The van der Waals surface area contributed by atoms with E-state index < -0.39 is 0 Å². The number of rotatable bonds is 6. The molecule has 0 saturated carbocycles. The number of nitrogens with two attached hydrogens (primary N) is 1. The molecular formula is C15H23N5. The predicted octanol–water partition coefficient (Wildman–Crippen LogP) is 1.99. The van der Waals surface area contributed by atoms with Crippen LogP contribution in [-0.2, 0) is 0 Å². The summed E-state index contributed by atoms with van der Waals surface area (Å²) in [5.74, 6) is 0.999. The van der Waals surface area contributed by atoms with E-state index in [2.05, 4.69) is 40.8 Å². The van der Waals surface area contributed by atoms with Gasteiger partial charge in [-0.1, -0.05) is 6.92 Å². The second kappa shape index (κ2) is 6.52. The van der Waals surface area contributed by atoms with Crippen LogP contribution in [0.5, 0.6) is 0 Å². The van der Waals surface area contributed by atoms with Crippen LogP contribution >= 0.6 is 0 Å². The highest BCUT2D eigenvalue weighted by Crippen LogP contribution is 2.24. The SMILES string of the molecule is CCCN(CCN(C)C)c1ncnc2cc(N)ccc12. The second-order valence-electron chi connectivity index (χ2n) is 5.26. The number of hydrogen-bond acceptors (Lipinski definition) is 5. The summed E-state index contributed by atoms with van der Waals surface area (Å²) in [6.07, 6.45) is 2.71. The summed E-state index contributed by atoms with van der Waals surface area (Å²) in [6.45, 7) is 5.13. The highest BCUT2D eigenvalue weighted by atomic mass is 15.2. The molecule has 2 N–H and O–H groups in total. The van der Waals surface area contributed by atoms with E-state index in [1.807, 2.05) is 18.2 Å². The maximum atomic E-state index is 5.83. The minimum atomic E-state index is 0.734. The van der Waals surface area contributed by atoms with E-state index in [1.165, 1.54) is 0 Å². The lowest BCUT2D eigenvalue weighted by molar-refractivity contribution is 0.412. The maximum Gasteiger partial charge on any atom is 0.139 e. The number of anilines is 2. The standard InChI is InChI=1S/C15H23N5/c1-4-7-20(9-8-19(2)3)15-13-6-5-12(16)10-14(13)17-11-18-15/h5-6,10-11H,4,7-9,16H2,1-3H3. The highest BCUT2D eigenvalue weighted by molar-refractivity contribution is 5.91. The molecule has 1 aromatic heterocycles. The third-order valence-electron chi connectivity index (χ3n) is 3.25. The fourth-order valence-corrected chi connectivity index (χ4v) is 2.23. The van der Waals surface area contributed by atoms with Crippen LogP contribution in [0.15, 0.2) is 24.5 Å². The lowest BCUT2D eigenvalue weighted by Gasteiger charge is -2.25. The molecule has 0 bridgehead atoms. The summed E-state index contributed by atoms with van der Waals surface area (Å²) in [4.78, 5) is 13.3. The molecule has 2 aromatic rings. The van der Waals surface area contributed by atoms with Gasteiger partial charge in [0.2, 0.25) is 0 Å². The van der Waals surface area contributed by atoms with Crippen molar-refractivity contribution >= 4 is 22.4 Å². The number of nitrogens with zero attached hydrogens (tertiary/aromatic N) is 4. The molecule has 0 aliphatic heterocycles. The van der Waals surface area contributed by atoms with Gasteiger partial charge in [-0.25, -0.2) is 9.97 Å². The van der Waals surface area contributed by atoms with Gasteiger partial charge in [0.05, 0.1) is 5.52 Å². The normalized spacial score (nSPS) is 11.2. The van der Waals surface area contributed by atoms with Crippen molar-refractivity contribution in [3.05, 3.63) is 24.5 Å². The second-order valence-corrected chi connectivity index (χ2v) is 5.26. The third kappa shape index (κ3) is 3.36. The van der Waals surface area contributed by atoms with Gasteiger partial charge < -0.3 is 15.5 Å². The molecule has 5 heteroatoms. The largest absolute Gasteiger partial charge is 0.399 e. The zero-order chi connectivity index (χ0) is 14.5. The van der Waals surface area contributed by atoms with E-state index in [9.17, 15) is 0 Å². The molecule has 0 unspecified atom stereocenters. The number of aromatic nitrogens is 2. The predicted molar refractivity (Wildman–Crippen MR) is 85.0 cm³/mol. The van der Waals surface area contributed by atoms with Gasteiger partial charge in [0, 0.05) is 30.7 Å². The van der Waals surface area contributed by atoms with Gasteiger partial charge >= 0.3 is 0 Å². The van der Waals surface area contributed by atoms with Gasteiger partial charge in [0.25, 0.3) is 0 Å². The van der Waals surface area contributed by atoms with Crippen molar-refractivity contribution in [3.63, 3.8) is 0 Å². The molecule has 0 spiro atoms. The minimum Gasteiger partial charge on any atom is -0.399 e. The first-order valence-corrected chi connectivity index (χ1v) is 7.01. The van der Waals surface area contributed by atoms with Crippen molar-refractivity contribution in [2.45, 2.75) is 13.3 Å². The molecule has 0 amide bonds. The lowest BCUT2D eigenvalue weighted by Crippen LogP contribution is -2.33. The number of fused-ring (bicyclic) bond motifs is 1. The molecule has 108 valence electrons. The van der Waals surface area contributed by atoms with Crippen LogP contribution in [-0.4, -0.2) is 48.6 Å². The number of nitrogen functional groups attached to an aromatic ring is 1. The van der Waals surface area contributed by atoms with Crippen LogP contribution in [0.25, 0.3) is 10.9 Å². The first-order chi connectivity index (χ1) is 9.61. The Morgan fingerprint density at radius 1 is 1.10 bits per heavy atom. The van der Waals surface area contributed by atoms with Gasteiger partial charge in [-0.05, 0) is 38.7 Å². The first-order valence-electron chi connectivity index (χ1n) is 7.01. The highest BCUT2D eigenvalue weighted by Gasteiger charge is 2.12.